The molecule has 1 N–H and O–H groups in total. The topological polar surface area (TPSA) is 68.4 Å². The molecule has 27 heavy (non-hydrogen) atoms. The van der Waals surface area contributed by atoms with Crippen LogP contribution in [0.25, 0.3) is 0 Å². The van der Waals surface area contributed by atoms with E-state index in [0.29, 0.717) is 43.7 Å². The molecule has 0 bridgehead atoms. The van der Waals surface area contributed by atoms with Crippen LogP contribution >= 0.6 is 0 Å². The van der Waals surface area contributed by atoms with Gasteiger partial charge in [-0.2, -0.15) is 0 Å². The van der Waals surface area contributed by atoms with Gasteiger partial charge in [0.05, 0.1) is 13.2 Å². The molecule has 2 aromatic rings. The van der Waals surface area contributed by atoms with Crippen LogP contribution in [-0.4, -0.2) is 30.0 Å². The highest BCUT2D eigenvalue weighted by atomic mass is 16.5. The fourth-order valence-electron chi connectivity index (χ4n) is 3.85. The minimum absolute atomic E-state index is 0.101. The number of ketones is 1. The molecule has 5 heteroatoms. The van der Waals surface area contributed by atoms with E-state index < -0.39 is 0 Å². The fourth-order valence-corrected chi connectivity index (χ4v) is 3.85. The summed E-state index contributed by atoms with van der Waals surface area (Å²) in [6.45, 7) is 6.73. The highest BCUT2D eigenvalue weighted by molar-refractivity contribution is 6.03. The van der Waals surface area contributed by atoms with E-state index in [2.05, 4.69) is 4.98 Å². The predicted molar refractivity (Wildman–Crippen MR) is 104 cm³/mol. The molecule has 0 spiro atoms. The number of rotatable bonds is 7. The number of H-pyrrole nitrogens is 1. The lowest BCUT2D eigenvalue weighted by Gasteiger charge is -2.22. The van der Waals surface area contributed by atoms with Gasteiger partial charge in [-0.15, -0.1) is 0 Å². The number of Topliss-reactive ketones (excluding diaryl/α,β-unsaturated/α-hetero) is 1. The summed E-state index contributed by atoms with van der Waals surface area (Å²) in [4.78, 5) is 28.5. The minimum atomic E-state index is -0.374. The first-order valence-corrected chi connectivity index (χ1v) is 9.75. The maximum atomic E-state index is 12.9. The van der Waals surface area contributed by atoms with Gasteiger partial charge in [0.25, 0.3) is 0 Å². The Kier molecular flexibility index (Phi) is 5.99. The second kappa shape index (κ2) is 8.42. The van der Waals surface area contributed by atoms with Gasteiger partial charge >= 0.3 is 5.97 Å². The number of ether oxygens (including phenoxy) is 2. The van der Waals surface area contributed by atoms with Crippen LogP contribution in [0.1, 0.15) is 77.2 Å². The molecule has 1 aromatic carbocycles. The number of benzene rings is 1. The molecule has 0 aliphatic heterocycles. The van der Waals surface area contributed by atoms with Crippen LogP contribution in [0.4, 0.5) is 0 Å². The molecule has 1 aromatic heterocycles. The molecule has 0 radical (unpaired) electrons. The third kappa shape index (κ3) is 3.92. The molecular weight excluding hydrogens is 342 g/mol. The lowest BCUT2D eigenvalue weighted by molar-refractivity contribution is 0.0518. The summed E-state index contributed by atoms with van der Waals surface area (Å²) >= 11 is 0. The molecule has 1 heterocycles. The summed E-state index contributed by atoms with van der Waals surface area (Å²) in [7, 11) is 0. The van der Waals surface area contributed by atoms with E-state index in [1.54, 1.807) is 6.92 Å². The summed E-state index contributed by atoms with van der Waals surface area (Å²) in [6, 6.07) is 7.94. The van der Waals surface area contributed by atoms with Gasteiger partial charge < -0.3 is 14.5 Å². The summed E-state index contributed by atoms with van der Waals surface area (Å²) in [6.07, 6.45) is 2.73. The number of aromatic nitrogens is 1. The SMILES string of the molecule is CCCc1c(C(=O)OCC)[nH]c2c1C(=O)C[C@H](c1ccc(OCC)cc1)C2. The first-order valence-electron chi connectivity index (χ1n) is 9.75. The Balaban J connectivity index is 1.91. The number of carbonyl (C=O) groups is 2. The zero-order valence-electron chi connectivity index (χ0n) is 16.3. The highest BCUT2D eigenvalue weighted by Gasteiger charge is 2.33. The van der Waals surface area contributed by atoms with Crippen LogP contribution in [0.5, 0.6) is 5.75 Å². The lowest BCUT2D eigenvalue weighted by atomic mass is 9.81. The molecule has 0 fully saturated rings. The van der Waals surface area contributed by atoms with Gasteiger partial charge in [0, 0.05) is 17.7 Å². The largest absolute Gasteiger partial charge is 0.494 e. The number of nitrogens with one attached hydrogen (secondary N) is 1. The maximum absolute atomic E-state index is 12.9. The second-order valence-electron chi connectivity index (χ2n) is 6.83. The van der Waals surface area contributed by atoms with Crippen molar-refractivity contribution >= 4 is 11.8 Å². The van der Waals surface area contributed by atoms with Gasteiger partial charge in [-0.1, -0.05) is 25.5 Å². The van der Waals surface area contributed by atoms with Crippen LogP contribution in [0.2, 0.25) is 0 Å². The summed E-state index contributed by atoms with van der Waals surface area (Å²) < 4.78 is 10.7. The third-order valence-corrected chi connectivity index (χ3v) is 4.98. The second-order valence-corrected chi connectivity index (χ2v) is 6.83. The molecule has 1 aliphatic rings. The Morgan fingerprint density at radius 2 is 1.85 bits per heavy atom. The molecular formula is C22H27NO4. The summed E-state index contributed by atoms with van der Waals surface area (Å²) in [5, 5.41) is 0. The monoisotopic (exact) mass is 369 g/mol. The van der Waals surface area contributed by atoms with E-state index >= 15 is 0 Å². The third-order valence-electron chi connectivity index (χ3n) is 4.98. The van der Waals surface area contributed by atoms with E-state index in [-0.39, 0.29) is 17.7 Å². The summed E-state index contributed by atoms with van der Waals surface area (Å²) in [5.74, 6) is 0.661. The van der Waals surface area contributed by atoms with Gasteiger partial charge in [0.2, 0.25) is 0 Å². The van der Waals surface area contributed by atoms with Gasteiger partial charge in [0.1, 0.15) is 11.4 Å². The number of aromatic amines is 1. The van der Waals surface area contributed by atoms with E-state index in [9.17, 15) is 9.59 Å². The minimum Gasteiger partial charge on any atom is -0.494 e. The number of fused-ring (bicyclic) bond motifs is 1. The van der Waals surface area contributed by atoms with Crippen molar-refractivity contribution < 1.29 is 19.1 Å². The first kappa shape index (κ1) is 19.2. The van der Waals surface area contributed by atoms with Crippen molar-refractivity contribution in [2.45, 2.75) is 52.4 Å². The Labute approximate surface area is 160 Å². The van der Waals surface area contributed by atoms with Gasteiger partial charge in [-0.05, 0) is 55.9 Å². The molecule has 0 amide bonds. The average molecular weight is 369 g/mol. The van der Waals surface area contributed by atoms with Crippen molar-refractivity contribution in [1.82, 2.24) is 4.98 Å². The Hall–Kier alpha value is -2.56. The number of carbonyl (C=O) groups excluding carboxylic acids is 2. The lowest BCUT2D eigenvalue weighted by Crippen LogP contribution is -2.19. The number of hydrogen-bond acceptors (Lipinski definition) is 4. The highest BCUT2D eigenvalue weighted by Crippen LogP contribution is 2.36. The molecule has 0 unspecified atom stereocenters. The van der Waals surface area contributed by atoms with Crippen LogP contribution in [0.3, 0.4) is 0 Å². The smallest absolute Gasteiger partial charge is 0.355 e. The normalized spacial score (nSPS) is 16.1. The van der Waals surface area contributed by atoms with Crippen LogP contribution in [0.15, 0.2) is 24.3 Å². The van der Waals surface area contributed by atoms with Crippen molar-refractivity contribution in [1.29, 1.82) is 0 Å². The van der Waals surface area contributed by atoms with Crippen molar-refractivity contribution in [3.05, 3.63) is 52.3 Å². The van der Waals surface area contributed by atoms with E-state index in [4.69, 9.17) is 9.47 Å². The Morgan fingerprint density at radius 1 is 1.11 bits per heavy atom. The van der Waals surface area contributed by atoms with Crippen molar-refractivity contribution in [2.24, 2.45) is 0 Å². The van der Waals surface area contributed by atoms with E-state index in [0.717, 1.165) is 29.0 Å². The average Bonchev–Trinajstić information content (AvgIpc) is 3.02. The first-order chi connectivity index (χ1) is 13.1. The Morgan fingerprint density at radius 3 is 2.48 bits per heavy atom. The van der Waals surface area contributed by atoms with Crippen molar-refractivity contribution in [2.75, 3.05) is 13.2 Å². The quantitative estimate of drug-likeness (QED) is 0.732. The number of hydrogen-bond donors (Lipinski definition) is 1. The summed E-state index contributed by atoms with van der Waals surface area (Å²) in [5.41, 5.74) is 3.95. The van der Waals surface area contributed by atoms with E-state index in [1.807, 2.05) is 38.1 Å². The van der Waals surface area contributed by atoms with Crippen molar-refractivity contribution in [3.63, 3.8) is 0 Å². The zero-order chi connectivity index (χ0) is 19.4. The van der Waals surface area contributed by atoms with Gasteiger partial charge in [-0.25, -0.2) is 4.79 Å². The van der Waals surface area contributed by atoms with E-state index in [1.165, 1.54) is 0 Å². The predicted octanol–water partition coefficient (Wildman–Crippen LogP) is 4.46. The molecule has 1 aliphatic carbocycles. The van der Waals surface area contributed by atoms with Gasteiger partial charge in [-0.3, -0.25) is 4.79 Å². The van der Waals surface area contributed by atoms with Crippen molar-refractivity contribution in [3.8, 4) is 5.75 Å². The number of esters is 1. The maximum Gasteiger partial charge on any atom is 0.355 e. The molecule has 3 rings (SSSR count). The molecule has 0 saturated heterocycles. The van der Waals surface area contributed by atoms with Crippen LogP contribution in [-0.2, 0) is 17.6 Å². The zero-order valence-corrected chi connectivity index (χ0v) is 16.3. The van der Waals surface area contributed by atoms with Gasteiger partial charge in [0.15, 0.2) is 5.78 Å². The molecule has 1 atom stereocenters. The van der Waals surface area contributed by atoms with Crippen LogP contribution in [0, 0.1) is 0 Å². The fraction of sp³-hybridized carbons (Fsp3) is 0.455. The molecule has 144 valence electrons. The van der Waals surface area contributed by atoms with Crippen LogP contribution < -0.4 is 4.74 Å². The standard InChI is InChI=1S/C22H27NO4/c1-4-7-17-20-18(23-21(17)22(25)27-6-3)12-15(13-19(20)24)14-8-10-16(11-9-14)26-5-2/h8-11,15,23H,4-7,12-13H2,1-3H3/t15-/m1/s1. The Bertz CT molecular complexity index is 820. The molecule has 5 nitrogen and oxygen atoms in total. The molecule has 0 saturated carbocycles.